The number of aliphatic carboxylic acids is 1. The number of amides is 1. The van der Waals surface area contributed by atoms with Crippen LogP contribution in [0, 0.1) is 0 Å². The molecule has 2 aliphatic rings. The number of carboxylic acids is 1. The van der Waals surface area contributed by atoms with E-state index in [-0.39, 0.29) is 12.5 Å². The average Bonchev–Trinajstić information content (AvgIpc) is 3.43. The number of aliphatic imine (C=N–C) groups is 1. The van der Waals surface area contributed by atoms with Crippen molar-refractivity contribution in [3.8, 4) is 16.9 Å². The van der Waals surface area contributed by atoms with E-state index in [4.69, 9.17) is 14.8 Å². The van der Waals surface area contributed by atoms with E-state index in [0.29, 0.717) is 12.3 Å². The molecule has 2 aromatic carbocycles. The zero-order chi connectivity index (χ0) is 24.8. The van der Waals surface area contributed by atoms with Crippen LogP contribution in [0.1, 0.15) is 76.3 Å². The van der Waals surface area contributed by atoms with Crippen LogP contribution >= 0.6 is 0 Å². The Bertz CT molecular complexity index is 1080. The topological polar surface area (TPSA) is 79.2 Å². The summed E-state index contributed by atoms with van der Waals surface area (Å²) in [7, 11) is 0. The molecule has 35 heavy (non-hydrogen) atoms. The lowest BCUT2D eigenvalue weighted by atomic mass is 9.95. The first-order valence-corrected chi connectivity index (χ1v) is 12.9. The van der Waals surface area contributed by atoms with Crippen LogP contribution in [0.3, 0.4) is 0 Å². The molecule has 1 saturated carbocycles. The van der Waals surface area contributed by atoms with Gasteiger partial charge in [-0.2, -0.15) is 0 Å². The summed E-state index contributed by atoms with van der Waals surface area (Å²) < 4.78 is 5.42. The Morgan fingerprint density at radius 2 is 1.80 bits per heavy atom. The normalized spacial score (nSPS) is 16.7. The van der Waals surface area contributed by atoms with Crippen LogP contribution in [0.2, 0.25) is 0 Å². The fourth-order valence-electron chi connectivity index (χ4n) is 5.22. The van der Waals surface area contributed by atoms with Gasteiger partial charge >= 0.3 is 5.97 Å². The lowest BCUT2D eigenvalue weighted by Crippen LogP contribution is -2.40. The van der Waals surface area contributed by atoms with Gasteiger partial charge in [0.2, 0.25) is 0 Å². The molecule has 0 unspecified atom stereocenters. The number of ether oxygens (including phenoxy) is 1. The second kappa shape index (κ2) is 11.1. The van der Waals surface area contributed by atoms with Gasteiger partial charge in [-0.05, 0) is 60.1 Å². The van der Waals surface area contributed by atoms with Crippen molar-refractivity contribution in [3.63, 3.8) is 0 Å². The Morgan fingerprint density at radius 3 is 2.46 bits per heavy atom. The number of benzene rings is 2. The highest BCUT2D eigenvalue weighted by Gasteiger charge is 2.49. The second-order valence-corrected chi connectivity index (χ2v) is 9.71. The molecule has 1 amide bonds. The van der Waals surface area contributed by atoms with E-state index in [0.717, 1.165) is 80.3 Å². The Labute approximate surface area is 208 Å². The zero-order valence-electron chi connectivity index (χ0n) is 20.9. The molecule has 0 aromatic heterocycles. The first-order valence-electron chi connectivity index (χ1n) is 12.9. The predicted molar refractivity (Wildman–Crippen MR) is 138 cm³/mol. The van der Waals surface area contributed by atoms with Crippen LogP contribution in [-0.4, -0.2) is 39.9 Å². The molecule has 0 atom stereocenters. The van der Waals surface area contributed by atoms with Crippen molar-refractivity contribution in [1.82, 2.24) is 4.90 Å². The number of nitrogens with zero attached hydrogens (tertiary/aromatic N) is 2. The Hall–Kier alpha value is -3.15. The van der Waals surface area contributed by atoms with Gasteiger partial charge in [-0.15, -0.1) is 0 Å². The van der Waals surface area contributed by atoms with Crippen molar-refractivity contribution in [2.75, 3.05) is 6.61 Å². The van der Waals surface area contributed by atoms with Crippen LogP contribution in [0.15, 0.2) is 47.5 Å². The highest BCUT2D eigenvalue weighted by molar-refractivity contribution is 6.08. The van der Waals surface area contributed by atoms with Crippen molar-refractivity contribution < 1.29 is 19.4 Å². The van der Waals surface area contributed by atoms with Crippen LogP contribution < -0.4 is 4.74 Å². The number of hydrogen-bond donors (Lipinski definition) is 1. The third-order valence-corrected chi connectivity index (χ3v) is 7.05. The number of unbranched alkanes of at least 4 members (excludes halogenated alkanes) is 1. The van der Waals surface area contributed by atoms with Gasteiger partial charge in [0, 0.05) is 6.42 Å². The third kappa shape index (κ3) is 5.58. The summed E-state index contributed by atoms with van der Waals surface area (Å²) in [5.41, 5.74) is 3.88. The quantitative estimate of drug-likeness (QED) is 0.430. The maximum atomic E-state index is 13.4. The minimum Gasteiger partial charge on any atom is -0.482 e. The molecule has 1 N–H and O–H groups in total. The number of hydrogen-bond acceptors (Lipinski definition) is 4. The fourth-order valence-corrected chi connectivity index (χ4v) is 5.22. The molecule has 2 aromatic rings. The van der Waals surface area contributed by atoms with Crippen molar-refractivity contribution in [1.29, 1.82) is 0 Å². The molecule has 186 valence electrons. The first-order chi connectivity index (χ1) is 17.0. The maximum Gasteiger partial charge on any atom is 0.341 e. The monoisotopic (exact) mass is 476 g/mol. The SMILES string of the molecule is CCCCC1=NC2(CCCC2)C(=O)N1Cc1ccc(-c2cc(OCC(=O)O)ccc2CCC)cc1. The number of carbonyl (C=O) groups is 2. The molecule has 0 saturated heterocycles. The fraction of sp³-hybridized carbons (Fsp3) is 0.483. The van der Waals surface area contributed by atoms with Crippen molar-refractivity contribution in [2.45, 2.75) is 83.7 Å². The van der Waals surface area contributed by atoms with E-state index < -0.39 is 11.5 Å². The highest BCUT2D eigenvalue weighted by Crippen LogP contribution is 2.40. The van der Waals surface area contributed by atoms with E-state index in [9.17, 15) is 9.59 Å². The number of carbonyl (C=O) groups excluding carboxylic acids is 1. The van der Waals surface area contributed by atoms with Gasteiger partial charge in [0.15, 0.2) is 6.61 Å². The summed E-state index contributed by atoms with van der Waals surface area (Å²) in [6.45, 7) is 4.50. The summed E-state index contributed by atoms with van der Waals surface area (Å²) in [5, 5.41) is 8.94. The number of carboxylic acid groups (broad SMARTS) is 1. The summed E-state index contributed by atoms with van der Waals surface area (Å²) in [5.74, 6) is 0.689. The molecule has 1 heterocycles. The molecule has 1 aliphatic heterocycles. The van der Waals surface area contributed by atoms with Gasteiger partial charge in [-0.3, -0.25) is 14.7 Å². The van der Waals surface area contributed by atoms with Crippen LogP contribution in [-0.2, 0) is 22.6 Å². The van der Waals surface area contributed by atoms with Gasteiger partial charge in [0.25, 0.3) is 5.91 Å². The Kier molecular flexibility index (Phi) is 7.89. The molecule has 4 rings (SSSR count). The van der Waals surface area contributed by atoms with Gasteiger partial charge in [-0.1, -0.05) is 69.9 Å². The zero-order valence-corrected chi connectivity index (χ0v) is 20.9. The van der Waals surface area contributed by atoms with E-state index in [1.165, 1.54) is 5.56 Å². The van der Waals surface area contributed by atoms with Gasteiger partial charge in [0.05, 0.1) is 6.54 Å². The standard InChI is InChI=1S/C29H36N2O4/c1-3-5-9-26-30-29(16-6-7-17-29)28(34)31(26)19-21-10-12-23(13-11-21)25-18-24(35-20-27(32)33)15-14-22(25)8-4-2/h10-15,18H,3-9,16-17,19-20H2,1-2H3,(H,32,33). The van der Waals surface area contributed by atoms with Gasteiger partial charge in [0.1, 0.15) is 17.1 Å². The summed E-state index contributed by atoms with van der Waals surface area (Å²) >= 11 is 0. The van der Waals surface area contributed by atoms with Crippen LogP contribution in [0.4, 0.5) is 0 Å². The number of amidine groups is 1. The minimum absolute atomic E-state index is 0.179. The lowest BCUT2D eigenvalue weighted by molar-refractivity contribution is -0.139. The third-order valence-electron chi connectivity index (χ3n) is 7.05. The van der Waals surface area contributed by atoms with Gasteiger partial charge in [-0.25, -0.2) is 4.79 Å². The minimum atomic E-state index is -0.994. The molecule has 6 nitrogen and oxygen atoms in total. The second-order valence-electron chi connectivity index (χ2n) is 9.71. The molecule has 0 radical (unpaired) electrons. The van der Waals surface area contributed by atoms with E-state index >= 15 is 0 Å². The highest BCUT2D eigenvalue weighted by atomic mass is 16.5. The van der Waals surface area contributed by atoms with E-state index in [1.54, 1.807) is 0 Å². The Morgan fingerprint density at radius 1 is 1.06 bits per heavy atom. The van der Waals surface area contributed by atoms with E-state index in [1.807, 2.05) is 23.1 Å². The predicted octanol–water partition coefficient (Wildman–Crippen LogP) is 6.01. The molecular formula is C29H36N2O4. The summed E-state index contributed by atoms with van der Waals surface area (Å²) in [6, 6.07) is 14.1. The summed E-state index contributed by atoms with van der Waals surface area (Å²) in [6.07, 6.45) is 8.82. The van der Waals surface area contributed by atoms with Crippen molar-refractivity contribution in [2.24, 2.45) is 4.99 Å². The molecular weight excluding hydrogens is 440 g/mol. The number of rotatable bonds is 11. The van der Waals surface area contributed by atoms with Crippen molar-refractivity contribution >= 4 is 17.7 Å². The van der Waals surface area contributed by atoms with Gasteiger partial charge < -0.3 is 9.84 Å². The first kappa shape index (κ1) is 25.0. The molecule has 6 heteroatoms. The molecule has 1 fully saturated rings. The molecule has 1 spiro atoms. The molecule has 0 bridgehead atoms. The average molecular weight is 477 g/mol. The van der Waals surface area contributed by atoms with Crippen molar-refractivity contribution in [3.05, 3.63) is 53.6 Å². The van der Waals surface area contributed by atoms with Crippen LogP contribution in [0.25, 0.3) is 11.1 Å². The molecule has 1 aliphatic carbocycles. The smallest absolute Gasteiger partial charge is 0.341 e. The van der Waals surface area contributed by atoms with E-state index in [2.05, 4.69) is 38.1 Å². The van der Waals surface area contributed by atoms with Crippen LogP contribution in [0.5, 0.6) is 5.75 Å². The maximum absolute atomic E-state index is 13.4. The number of aryl methyl sites for hydroxylation is 1. The largest absolute Gasteiger partial charge is 0.482 e. The Balaban J connectivity index is 1.55. The summed E-state index contributed by atoms with van der Waals surface area (Å²) in [4.78, 5) is 31.2. The lowest BCUT2D eigenvalue weighted by Gasteiger charge is -2.23.